The van der Waals surface area contributed by atoms with E-state index in [9.17, 15) is 18.0 Å². The van der Waals surface area contributed by atoms with Gasteiger partial charge in [-0.15, -0.1) is 0 Å². The molecule has 8 heteroatoms. The maximum atomic E-state index is 13.7. The number of Topliss-reactive ketones (excluding diaryl/α,β-unsaturated/α-hetero) is 1. The van der Waals surface area contributed by atoms with Crippen molar-refractivity contribution in [1.29, 1.82) is 0 Å². The third-order valence-corrected chi connectivity index (χ3v) is 10.9. The Hall–Kier alpha value is -1.44. The van der Waals surface area contributed by atoms with Gasteiger partial charge in [0, 0.05) is 13.0 Å². The maximum Gasteiger partial charge on any atom is 0.245 e. The number of halogens is 1. The number of likely N-dealkylation sites (N-methyl/N-ethyl adjacent to an activating group) is 1. The van der Waals surface area contributed by atoms with Crippen LogP contribution in [0.1, 0.15) is 65.7 Å². The van der Waals surface area contributed by atoms with Gasteiger partial charge in [-0.1, -0.05) is 30.7 Å². The van der Waals surface area contributed by atoms with Crippen molar-refractivity contribution >= 4 is 33.3 Å². The summed E-state index contributed by atoms with van der Waals surface area (Å²) >= 11 is 6.19. The van der Waals surface area contributed by atoms with Gasteiger partial charge < -0.3 is 5.73 Å². The molecule has 0 heterocycles. The Kier molecular flexibility index (Phi) is 5.79. The quantitative estimate of drug-likeness (QED) is 0.604. The molecule has 1 amide bonds. The third-order valence-electron chi connectivity index (χ3n) is 8.24. The summed E-state index contributed by atoms with van der Waals surface area (Å²) in [5, 5.41) is 0.138. The molecule has 32 heavy (non-hydrogen) atoms. The van der Waals surface area contributed by atoms with Crippen molar-refractivity contribution in [3.05, 3.63) is 29.3 Å². The predicted molar refractivity (Wildman–Crippen MR) is 123 cm³/mol. The molecular formula is C24H33ClN2O4S. The van der Waals surface area contributed by atoms with Crippen LogP contribution in [-0.4, -0.2) is 36.5 Å². The maximum absolute atomic E-state index is 13.7. The molecule has 4 fully saturated rings. The SMILES string of the molecule is CCN(C(C)(C)C(=O)CC12CC3CC(C1)CC(C(N)=O)(C3)C2)S(=O)(=O)c1ccccc1Cl. The molecular weight excluding hydrogens is 448 g/mol. The molecule has 2 unspecified atom stereocenters. The minimum atomic E-state index is -3.97. The van der Waals surface area contributed by atoms with Crippen molar-refractivity contribution in [2.75, 3.05) is 6.54 Å². The summed E-state index contributed by atoms with van der Waals surface area (Å²) in [4.78, 5) is 26.1. The van der Waals surface area contributed by atoms with Crippen LogP contribution < -0.4 is 5.73 Å². The number of primary amides is 1. The van der Waals surface area contributed by atoms with Gasteiger partial charge in [-0.25, -0.2) is 8.42 Å². The summed E-state index contributed by atoms with van der Waals surface area (Å²) < 4.78 is 28.2. The van der Waals surface area contributed by atoms with Crippen molar-refractivity contribution < 1.29 is 18.0 Å². The van der Waals surface area contributed by atoms with Crippen molar-refractivity contribution in [2.45, 2.75) is 76.2 Å². The molecule has 1 aromatic carbocycles. The number of sulfonamides is 1. The Morgan fingerprint density at radius 3 is 2.28 bits per heavy atom. The molecule has 4 aliphatic carbocycles. The fourth-order valence-electron chi connectivity index (χ4n) is 7.28. The Bertz CT molecular complexity index is 1040. The average molecular weight is 481 g/mol. The van der Waals surface area contributed by atoms with E-state index >= 15 is 0 Å². The van der Waals surface area contributed by atoms with E-state index in [0.717, 1.165) is 32.1 Å². The van der Waals surface area contributed by atoms with Gasteiger partial charge in [0.05, 0.1) is 16.0 Å². The van der Waals surface area contributed by atoms with Gasteiger partial charge in [0.2, 0.25) is 15.9 Å². The van der Waals surface area contributed by atoms with E-state index in [4.69, 9.17) is 17.3 Å². The zero-order valence-corrected chi connectivity index (χ0v) is 20.6. The number of amides is 1. The Labute approximate surface area is 195 Å². The van der Waals surface area contributed by atoms with Crippen molar-refractivity contribution in [3.63, 3.8) is 0 Å². The second-order valence-corrected chi connectivity index (χ2v) is 13.1. The molecule has 4 bridgehead atoms. The smallest absolute Gasteiger partial charge is 0.245 e. The molecule has 176 valence electrons. The highest BCUT2D eigenvalue weighted by molar-refractivity contribution is 7.89. The summed E-state index contributed by atoms with van der Waals surface area (Å²) in [5.41, 5.74) is 3.85. The van der Waals surface area contributed by atoms with E-state index in [1.54, 1.807) is 32.9 Å². The molecule has 4 aliphatic rings. The highest BCUT2D eigenvalue weighted by atomic mass is 35.5. The lowest BCUT2D eigenvalue weighted by Gasteiger charge is -2.61. The first-order valence-corrected chi connectivity index (χ1v) is 13.3. The first-order valence-electron chi connectivity index (χ1n) is 11.5. The van der Waals surface area contributed by atoms with Crippen molar-refractivity contribution in [3.8, 4) is 0 Å². The van der Waals surface area contributed by atoms with Crippen molar-refractivity contribution in [1.82, 2.24) is 4.31 Å². The molecule has 1 aromatic rings. The van der Waals surface area contributed by atoms with Gasteiger partial charge in [-0.3, -0.25) is 9.59 Å². The zero-order valence-electron chi connectivity index (χ0n) is 19.1. The molecule has 0 saturated heterocycles. The lowest BCUT2D eigenvalue weighted by molar-refractivity contribution is -0.159. The number of benzene rings is 1. The minimum Gasteiger partial charge on any atom is -0.369 e. The third kappa shape index (κ3) is 3.70. The topological polar surface area (TPSA) is 97.5 Å². The van der Waals surface area contributed by atoms with Crippen LogP contribution in [0.4, 0.5) is 0 Å². The molecule has 6 nitrogen and oxygen atoms in total. The van der Waals surface area contributed by atoms with Gasteiger partial charge >= 0.3 is 0 Å². The molecule has 5 rings (SSSR count). The molecule has 4 saturated carbocycles. The predicted octanol–water partition coefficient (Wildman–Crippen LogP) is 4.16. The van der Waals surface area contributed by atoms with Gasteiger partial charge in [0.1, 0.15) is 4.90 Å². The molecule has 2 atom stereocenters. The summed E-state index contributed by atoms with van der Waals surface area (Å²) in [5.74, 6) is 0.498. The lowest BCUT2D eigenvalue weighted by Crippen LogP contribution is -2.59. The highest BCUT2D eigenvalue weighted by Crippen LogP contribution is 2.66. The van der Waals surface area contributed by atoms with Gasteiger partial charge in [-0.2, -0.15) is 4.31 Å². The summed E-state index contributed by atoms with van der Waals surface area (Å²) in [6.07, 6.45) is 5.54. The molecule has 0 spiro atoms. The van der Waals surface area contributed by atoms with Crippen LogP contribution in [0, 0.1) is 22.7 Å². The van der Waals surface area contributed by atoms with E-state index in [1.165, 1.54) is 16.4 Å². The van der Waals surface area contributed by atoms with Crippen LogP contribution in [0.2, 0.25) is 5.02 Å². The van der Waals surface area contributed by atoms with E-state index in [0.29, 0.717) is 18.3 Å². The van der Waals surface area contributed by atoms with Crippen LogP contribution in [0.5, 0.6) is 0 Å². The van der Waals surface area contributed by atoms with Gasteiger partial charge in [-0.05, 0) is 81.8 Å². The van der Waals surface area contributed by atoms with Gasteiger partial charge in [0.15, 0.2) is 5.78 Å². The highest BCUT2D eigenvalue weighted by Gasteiger charge is 2.61. The summed E-state index contributed by atoms with van der Waals surface area (Å²) in [7, 11) is -3.97. The van der Waals surface area contributed by atoms with Crippen LogP contribution >= 0.6 is 11.6 Å². The second kappa shape index (κ2) is 7.81. The second-order valence-electron chi connectivity index (χ2n) is 10.9. The van der Waals surface area contributed by atoms with Crippen LogP contribution in [0.25, 0.3) is 0 Å². The lowest BCUT2D eigenvalue weighted by atomic mass is 9.43. The zero-order chi connectivity index (χ0) is 23.5. The van der Waals surface area contributed by atoms with E-state index in [-0.39, 0.29) is 40.0 Å². The number of nitrogens with two attached hydrogens (primary N) is 1. The van der Waals surface area contributed by atoms with E-state index in [1.807, 2.05) is 0 Å². The molecule has 0 aliphatic heterocycles. The number of ketones is 1. The first-order chi connectivity index (χ1) is 14.9. The fourth-order valence-corrected chi connectivity index (χ4v) is 9.55. The van der Waals surface area contributed by atoms with Gasteiger partial charge in [0.25, 0.3) is 0 Å². The van der Waals surface area contributed by atoms with Crippen LogP contribution in [0.15, 0.2) is 29.2 Å². The van der Waals surface area contributed by atoms with E-state index < -0.39 is 21.0 Å². The molecule has 2 N–H and O–H groups in total. The largest absolute Gasteiger partial charge is 0.369 e. The Morgan fingerprint density at radius 1 is 1.16 bits per heavy atom. The summed E-state index contributed by atoms with van der Waals surface area (Å²) in [6.45, 7) is 5.24. The van der Waals surface area contributed by atoms with E-state index in [2.05, 4.69) is 0 Å². The number of rotatable bonds is 8. The summed E-state index contributed by atoms with van der Waals surface area (Å²) in [6, 6.07) is 6.31. The number of carbonyl (C=O) groups is 2. The molecule has 0 aromatic heterocycles. The number of nitrogens with zero attached hydrogens (tertiary/aromatic N) is 1. The van der Waals surface area contributed by atoms with Crippen LogP contribution in [-0.2, 0) is 19.6 Å². The first kappa shape index (κ1) is 23.7. The fraction of sp³-hybridized carbons (Fsp3) is 0.667. The average Bonchev–Trinajstić information content (AvgIpc) is 2.66. The van der Waals surface area contributed by atoms with Crippen LogP contribution in [0.3, 0.4) is 0 Å². The normalized spacial score (nSPS) is 31.8. The Morgan fingerprint density at radius 2 is 1.75 bits per heavy atom. The molecule has 0 radical (unpaired) electrons. The number of carbonyl (C=O) groups excluding carboxylic acids is 2. The number of hydrogen-bond donors (Lipinski definition) is 1. The monoisotopic (exact) mass is 480 g/mol. The standard InChI is InChI=1S/C24H33ClN2O4S/c1-4-27(32(30,31)19-8-6-5-7-18(19)25)22(2,3)20(28)14-23-10-16-9-17(11-23)13-24(12-16,15-23)21(26)29/h5-8,16-17H,4,9-15H2,1-3H3,(H2,26,29). The number of hydrogen-bond acceptors (Lipinski definition) is 4. The minimum absolute atomic E-state index is 0.00637. The Balaban J connectivity index is 1.62. The van der Waals surface area contributed by atoms with Crippen molar-refractivity contribution in [2.24, 2.45) is 28.4 Å².